The minimum Gasteiger partial charge on any atom is -0.462 e. The van der Waals surface area contributed by atoms with Crippen LogP contribution in [-0.2, 0) is 28.6 Å². The number of carbonyl (C=O) groups excluding carboxylic acids is 3. The normalized spacial score (nSPS) is 12.0. The first-order valence-electron chi connectivity index (χ1n) is 33.7. The maximum atomic E-state index is 12.9. The van der Waals surface area contributed by atoms with E-state index >= 15 is 0 Å². The third-order valence-electron chi connectivity index (χ3n) is 15.5. The number of unbranched alkanes of at least 4 members (excludes halogenated alkanes) is 50. The molecule has 0 radical (unpaired) electrons. The highest BCUT2D eigenvalue weighted by molar-refractivity contribution is 5.71. The third kappa shape index (κ3) is 61.0. The number of rotatable bonds is 63. The molecule has 0 aromatic rings. The minimum atomic E-state index is -0.769. The quantitative estimate of drug-likeness (QED) is 0.0261. The Bertz CT molecular complexity index is 1150. The van der Waals surface area contributed by atoms with Crippen LogP contribution in [0.3, 0.4) is 0 Å². The van der Waals surface area contributed by atoms with Gasteiger partial charge in [-0.2, -0.15) is 0 Å². The highest BCUT2D eigenvalue weighted by Gasteiger charge is 2.19. The second-order valence-electron chi connectivity index (χ2n) is 23.1. The zero-order chi connectivity index (χ0) is 53.6. The van der Waals surface area contributed by atoms with E-state index in [9.17, 15) is 14.4 Å². The van der Waals surface area contributed by atoms with E-state index < -0.39 is 6.10 Å². The maximum absolute atomic E-state index is 12.9. The first-order chi connectivity index (χ1) is 36.5. The van der Waals surface area contributed by atoms with E-state index in [1.165, 1.54) is 283 Å². The van der Waals surface area contributed by atoms with Gasteiger partial charge in [-0.3, -0.25) is 14.4 Å². The smallest absolute Gasteiger partial charge is 0.306 e. The number of esters is 3. The molecule has 0 rings (SSSR count). The molecule has 6 nitrogen and oxygen atoms in total. The third-order valence-corrected chi connectivity index (χ3v) is 15.5. The van der Waals surface area contributed by atoms with Crippen LogP contribution in [0.2, 0.25) is 0 Å². The van der Waals surface area contributed by atoms with Crippen molar-refractivity contribution in [2.45, 2.75) is 393 Å². The zero-order valence-corrected chi connectivity index (χ0v) is 50.4. The summed E-state index contributed by atoms with van der Waals surface area (Å²) in [4.78, 5) is 38.3. The number of hydrogen-bond acceptors (Lipinski definition) is 6. The molecule has 0 saturated carbocycles. The first kappa shape index (κ1) is 72.2. The standard InChI is InChI=1S/C68H130O6/c1-4-7-10-13-16-19-22-25-27-29-30-31-32-33-34-35-36-37-38-39-41-43-46-49-52-55-58-61-67(70)73-64-65(63-72-66(69)60-57-54-51-48-45-42-24-21-18-15-12-9-6-3)74-68(71)62-59-56-53-50-47-44-40-28-26-23-20-17-14-11-8-5-2/h21,24,65H,4-20,22-23,25-64H2,1-3H3/b24-21-. The van der Waals surface area contributed by atoms with E-state index in [0.717, 1.165) is 64.2 Å². The summed E-state index contributed by atoms with van der Waals surface area (Å²) in [5, 5.41) is 0. The van der Waals surface area contributed by atoms with E-state index in [-0.39, 0.29) is 31.1 Å². The highest BCUT2D eigenvalue weighted by atomic mass is 16.6. The van der Waals surface area contributed by atoms with Crippen LogP contribution in [0.1, 0.15) is 387 Å². The lowest BCUT2D eigenvalue weighted by molar-refractivity contribution is -0.167. The summed E-state index contributed by atoms with van der Waals surface area (Å²) in [6.07, 6.45) is 75.2. The molecule has 0 aliphatic rings. The summed E-state index contributed by atoms with van der Waals surface area (Å²) in [6, 6.07) is 0. The topological polar surface area (TPSA) is 78.9 Å². The van der Waals surface area contributed by atoms with Crippen molar-refractivity contribution in [3.63, 3.8) is 0 Å². The summed E-state index contributed by atoms with van der Waals surface area (Å²) >= 11 is 0. The van der Waals surface area contributed by atoms with Crippen molar-refractivity contribution in [1.29, 1.82) is 0 Å². The van der Waals surface area contributed by atoms with Gasteiger partial charge >= 0.3 is 17.9 Å². The van der Waals surface area contributed by atoms with Gasteiger partial charge in [0.05, 0.1) is 0 Å². The van der Waals surface area contributed by atoms with E-state index in [1.54, 1.807) is 0 Å². The van der Waals surface area contributed by atoms with E-state index in [2.05, 4.69) is 32.9 Å². The zero-order valence-electron chi connectivity index (χ0n) is 50.4. The number of allylic oxidation sites excluding steroid dienone is 2. The van der Waals surface area contributed by atoms with Crippen LogP contribution in [0.15, 0.2) is 12.2 Å². The Morgan fingerprint density at radius 3 is 0.689 bits per heavy atom. The van der Waals surface area contributed by atoms with Crippen molar-refractivity contribution in [3.8, 4) is 0 Å². The average molecular weight is 1040 g/mol. The monoisotopic (exact) mass is 1040 g/mol. The van der Waals surface area contributed by atoms with Gasteiger partial charge in [0.15, 0.2) is 6.10 Å². The second kappa shape index (κ2) is 63.7. The summed E-state index contributed by atoms with van der Waals surface area (Å²) in [5.41, 5.74) is 0. The van der Waals surface area contributed by atoms with Gasteiger partial charge in [-0.05, 0) is 44.9 Å². The van der Waals surface area contributed by atoms with Crippen LogP contribution in [-0.4, -0.2) is 37.2 Å². The van der Waals surface area contributed by atoms with Crippen molar-refractivity contribution in [1.82, 2.24) is 0 Å². The lowest BCUT2D eigenvalue weighted by atomic mass is 10.0. The molecule has 0 aliphatic carbocycles. The second-order valence-corrected chi connectivity index (χ2v) is 23.1. The first-order valence-corrected chi connectivity index (χ1v) is 33.7. The molecular weight excluding hydrogens is 913 g/mol. The molecule has 0 aromatic heterocycles. The van der Waals surface area contributed by atoms with Crippen molar-refractivity contribution in [2.24, 2.45) is 0 Å². The molecule has 0 amide bonds. The largest absolute Gasteiger partial charge is 0.462 e. The fourth-order valence-corrected chi connectivity index (χ4v) is 10.4. The van der Waals surface area contributed by atoms with Gasteiger partial charge in [0, 0.05) is 19.3 Å². The predicted octanol–water partition coefficient (Wildman–Crippen LogP) is 22.8. The molecule has 0 aromatic carbocycles. The van der Waals surface area contributed by atoms with Crippen LogP contribution in [0.25, 0.3) is 0 Å². The summed E-state index contributed by atoms with van der Waals surface area (Å²) in [6.45, 7) is 6.70. The number of ether oxygens (including phenoxy) is 3. The fourth-order valence-electron chi connectivity index (χ4n) is 10.4. The SMILES string of the molecule is CCCCCC/C=C\CCCCCCCC(=O)OCC(COC(=O)CCCCCCCCCCCCCCCCCCCCCCCCCCCCC)OC(=O)CCCCCCCCCCCCCCCCCC. The molecule has 0 N–H and O–H groups in total. The van der Waals surface area contributed by atoms with Gasteiger partial charge < -0.3 is 14.2 Å². The van der Waals surface area contributed by atoms with Crippen molar-refractivity contribution in [2.75, 3.05) is 13.2 Å². The maximum Gasteiger partial charge on any atom is 0.306 e. The summed E-state index contributed by atoms with van der Waals surface area (Å²) < 4.78 is 16.9. The van der Waals surface area contributed by atoms with Gasteiger partial charge in [-0.1, -0.05) is 335 Å². The Labute approximate surface area is 462 Å². The molecular formula is C68H130O6. The van der Waals surface area contributed by atoms with Crippen molar-refractivity contribution < 1.29 is 28.6 Å². The molecule has 0 fully saturated rings. The Hall–Kier alpha value is -1.85. The Balaban J connectivity index is 4.16. The molecule has 0 aliphatic heterocycles. The lowest BCUT2D eigenvalue weighted by Crippen LogP contribution is -2.30. The molecule has 1 atom stereocenters. The molecule has 6 heteroatoms. The molecule has 74 heavy (non-hydrogen) atoms. The molecule has 0 bridgehead atoms. The van der Waals surface area contributed by atoms with Crippen LogP contribution in [0, 0.1) is 0 Å². The highest BCUT2D eigenvalue weighted by Crippen LogP contribution is 2.19. The van der Waals surface area contributed by atoms with Gasteiger partial charge in [0.2, 0.25) is 0 Å². The minimum absolute atomic E-state index is 0.0660. The van der Waals surface area contributed by atoms with Gasteiger partial charge in [-0.25, -0.2) is 0 Å². The van der Waals surface area contributed by atoms with Crippen LogP contribution in [0.5, 0.6) is 0 Å². The van der Waals surface area contributed by atoms with Gasteiger partial charge in [0.1, 0.15) is 13.2 Å². The van der Waals surface area contributed by atoms with Crippen LogP contribution >= 0.6 is 0 Å². The number of carbonyl (C=O) groups is 3. The van der Waals surface area contributed by atoms with Gasteiger partial charge in [-0.15, -0.1) is 0 Å². The molecule has 1 unspecified atom stereocenters. The summed E-state index contributed by atoms with van der Waals surface area (Å²) in [7, 11) is 0. The Kier molecular flexibility index (Phi) is 62.1. The predicted molar refractivity (Wildman–Crippen MR) is 321 cm³/mol. The van der Waals surface area contributed by atoms with Crippen molar-refractivity contribution in [3.05, 3.63) is 12.2 Å². The molecule has 438 valence electrons. The van der Waals surface area contributed by atoms with Crippen molar-refractivity contribution >= 4 is 17.9 Å². The van der Waals surface area contributed by atoms with Gasteiger partial charge in [0.25, 0.3) is 0 Å². The van der Waals surface area contributed by atoms with E-state index in [0.29, 0.717) is 19.3 Å². The van der Waals surface area contributed by atoms with E-state index in [1.807, 2.05) is 0 Å². The van der Waals surface area contributed by atoms with E-state index in [4.69, 9.17) is 14.2 Å². The lowest BCUT2D eigenvalue weighted by Gasteiger charge is -2.18. The summed E-state index contributed by atoms with van der Waals surface area (Å²) in [5.74, 6) is -0.844. The molecule has 0 heterocycles. The van der Waals surface area contributed by atoms with Crippen LogP contribution in [0.4, 0.5) is 0 Å². The fraction of sp³-hybridized carbons (Fsp3) is 0.926. The van der Waals surface area contributed by atoms with Crippen LogP contribution < -0.4 is 0 Å². The molecule has 0 spiro atoms. The molecule has 0 saturated heterocycles. The number of hydrogen-bond donors (Lipinski definition) is 0. The average Bonchev–Trinajstić information content (AvgIpc) is 3.40. The Morgan fingerprint density at radius 2 is 0.446 bits per heavy atom. The Morgan fingerprint density at radius 1 is 0.257 bits per heavy atom.